The molecule has 0 saturated heterocycles. The zero-order valence-corrected chi connectivity index (χ0v) is 14.4. The van der Waals surface area contributed by atoms with Gasteiger partial charge in [-0.2, -0.15) is 0 Å². The van der Waals surface area contributed by atoms with Gasteiger partial charge in [0.05, 0.1) is 11.1 Å². The summed E-state index contributed by atoms with van der Waals surface area (Å²) in [5, 5.41) is 3.15. The average Bonchev–Trinajstić information content (AvgIpc) is 2.69. The highest BCUT2D eigenvalue weighted by Gasteiger charge is 2.17. The van der Waals surface area contributed by atoms with Gasteiger partial charge in [-0.3, -0.25) is 9.78 Å². The number of nitrogens with one attached hydrogen (secondary N) is 1. The smallest absolute Gasteiger partial charge is 0.343 e. The molecule has 130 valence electrons. The van der Waals surface area contributed by atoms with Crippen LogP contribution in [-0.2, 0) is 6.54 Å². The molecule has 0 aliphatic carbocycles. The van der Waals surface area contributed by atoms with E-state index in [1.54, 1.807) is 60.9 Å². The highest BCUT2D eigenvalue weighted by Crippen LogP contribution is 2.24. The second kappa shape index (κ2) is 8.27. The maximum Gasteiger partial charge on any atom is 0.343 e. The fourth-order valence-electron chi connectivity index (χ4n) is 2.28. The van der Waals surface area contributed by atoms with E-state index in [9.17, 15) is 9.59 Å². The Morgan fingerprint density at radius 3 is 2.46 bits per heavy atom. The van der Waals surface area contributed by atoms with Gasteiger partial charge in [0, 0.05) is 24.0 Å². The van der Waals surface area contributed by atoms with E-state index in [1.165, 1.54) is 12.1 Å². The molecule has 0 aliphatic rings. The van der Waals surface area contributed by atoms with E-state index in [2.05, 4.69) is 10.3 Å². The van der Waals surface area contributed by atoms with Crippen LogP contribution in [0.1, 0.15) is 26.3 Å². The highest BCUT2D eigenvalue weighted by molar-refractivity contribution is 6.31. The number of halogens is 1. The van der Waals surface area contributed by atoms with Gasteiger partial charge >= 0.3 is 5.97 Å². The first kappa shape index (κ1) is 17.6. The van der Waals surface area contributed by atoms with E-state index < -0.39 is 5.97 Å². The van der Waals surface area contributed by atoms with Gasteiger partial charge in [-0.05, 0) is 48.0 Å². The monoisotopic (exact) mass is 366 g/mol. The third-order valence-electron chi connectivity index (χ3n) is 3.60. The Bertz CT molecular complexity index is 915. The predicted octanol–water partition coefficient (Wildman–Crippen LogP) is 3.88. The Morgan fingerprint density at radius 2 is 1.73 bits per heavy atom. The lowest BCUT2D eigenvalue weighted by molar-refractivity contribution is 0.0732. The standard InChI is InChI=1S/C20H15ClN2O3/c21-16-6-7-18(26-20(25)15-4-2-1-3-5-15)17(12-16)19(24)23-13-14-8-10-22-11-9-14/h1-12H,13H2,(H,23,24). The number of nitrogens with zero attached hydrogens (tertiary/aromatic N) is 1. The number of benzene rings is 2. The molecule has 3 rings (SSSR count). The van der Waals surface area contributed by atoms with E-state index in [1.807, 2.05) is 0 Å². The van der Waals surface area contributed by atoms with Crippen molar-refractivity contribution >= 4 is 23.5 Å². The molecular formula is C20H15ClN2O3. The van der Waals surface area contributed by atoms with Crippen molar-refractivity contribution in [3.8, 4) is 5.75 Å². The van der Waals surface area contributed by atoms with Gasteiger partial charge in [0.1, 0.15) is 5.75 Å². The molecular weight excluding hydrogens is 352 g/mol. The van der Waals surface area contributed by atoms with Crippen LogP contribution in [0.4, 0.5) is 0 Å². The average molecular weight is 367 g/mol. The lowest BCUT2D eigenvalue weighted by atomic mass is 10.1. The van der Waals surface area contributed by atoms with Crippen molar-refractivity contribution in [3.63, 3.8) is 0 Å². The summed E-state index contributed by atoms with van der Waals surface area (Å²) in [4.78, 5) is 28.7. The number of aromatic nitrogens is 1. The first-order chi connectivity index (χ1) is 12.6. The first-order valence-corrected chi connectivity index (χ1v) is 8.25. The molecule has 5 nitrogen and oxygen atoms in total. The van der Waals surface area contributed by atoms with Crippen LogP contribution >= 0.6 is 11.6 Å². The van der Waals surface area contributed by atoms with Crippen LogP contribution in [0, 0.1) is 0 Å². The minimum absolute atomic E-state index is 0.149. The summed E-state index contributed by atoms with van der Waals surface area (Å²) >= 11 is 6.00. The van der Waals surface area contributed by atoms with Gasteiger partial charge in [0.15, 0.2) is 0 Å². The molecule has 1 N–H and O–H groups in total. The van der Waals surface area contributed by atoms with E-state index in [4.69, 9.17) is 16.3 Å². The SMILES string of the molecule is O=C(Oc1ccc(Cl)cc1C(=O)NCc1ccncc1)c1ccccc1. The van der Waals surface area contributed by atoms with E-state index in [0.717, 1.165) is 5.56 Å². The Balaban J connectivity index is 1.77. The van der Waals surface area contributed by atoms with Gasteiger partial charge in [0.2, 0.25) is 0 Å². The van der Waals surface area contributed by atoms with Gasteiger partial charge in [0.25, 0.3) is 5.91 Å². The van der Waals surface area contributed by atoms with Gasteiger partial charge in [-0.15, -0.1) is 0 Å². The summed E-state index contributed by atoms with van der Waals surface area (Å²) in [6, 6.07) is 16.7. The number of rotatable bonds is 5. The lowest BCUT2D eigenvalue weighted by Gasteiger charge is -2.11. The molecule has 0 unspecified atom stereocenters. The van der Waals surface area contributed by atoms with E-state index >= 15 is 0 Å². The first-order valence-electron chi connectivity index (χ1n) is 7.87. The Kier molecular flexibility index (Phi) is 5.61. The quantitative estimate of drug-likeness (QED) is 0.549. The van der Waals surface area contributed by atoms with Gasteiger partial charge in [-0.1, -0.05) is 29.8 Å². The molecule has 2 aromatic carbocycles. The zero-order chi connectivity index (χ0) is 18.4. The van der Waals surface area contributed by atoms with Crippen LogP contribution in [0.15, 0.2) is 73.1 Å². The number of hydrogen-bond donors (Lipinski definition) is 1. The van der Waals surface area contributed by atoms with Crippen molar-refractivity contribution in [2.24, 2.45) is 0 Å². The number of amides is 1. The van der Waals surface area contributed by atoms with Gasteiger partial charge < -0.3 is 10.1 Å². The molecule has 26 heavy (non-hydrogen) atoms. The normalized spacial score (nSPS) is 10.2. The Hall–Kier alpha value is -3.18. The van der Waals surface area contributed by atoms with Crippen molar-refractivity contribution in [1.82, 2.24) is 10.3 Å². The van der Waals surface area contributed by atoms with Crippen LogP contribution in [-0.4, -0.2) is 16.9 Å². The van der Waals surface area contributed by atoms with E-state index in [-0.39, 0.29) is 17.2 Å². The molecule has 6 heteroatoms. The summed E-state index contributed by atoms with van der Waals surface area (Å²) < 4.78 is 5.39. The summed E-state index contributed by atoms with van der Waals surface area (Å²) in [5.41, 5.74) is 1.49. The number of carbonyl (C=O) groups is 2. The Labute approximate surface area is 155 Å². The molecule has 0 spiro atoms. The molecule has 1 aromatic heterocycles. The van der Waals surface area contributed by atoms with Crippen molar-refractivity contribution in [2.75, 3.05) is 0 Å². The molecule has 1 heterocycles. The minimum atomic E-state index is -0.545. The number of esters is 1. The van der Waals surface area contributed by atoms with Crippen LogP contribution in [0.2, 0.25) is 5.02 Å². The number of pyridine rings is 1. The van der Waals surface area contributed by atoms with Crippen LogP contribution in [0.25, 0.3) is 0 Å². The molecule has 3 aromatic rings. The third-order valence-corrected chi connectivity index (χ3v) is 3.84. The second-order valence-electron chi connectivity index (χ2n) is 5.43. The van der Waals surface area contributed by atoms with Crippen molar-refractivity contribution in [3.05, 3.63) is 94.8 Å². The maximum absolute atomic E-state index is 12.5. The number of hydrogen-bond acceptors (Lipinski definition) is 4. The van der Waals surface area contributed by atoms with Crippen molar-refractivity contribution < 1.29 is 14.3 Å². The van der Waals surface area contributed by atoms with Gasteiger partial charge in [-0.25, -0.2) is 4.79 Å². The Morgan fingerprint density at radius 1 is 1.00 bits per heavy atom. The van der Waals surface area contributed by atoms with Crippen LogP contribution in [0.3, 0.4) is 0 Å². The fourth-order valence-corrected chi connectivity index (χ4v) is 2.45. The van der Waals surface area contributed by atoms with Crippen LogP contribution < -0.4 is 10.1 Å². The number of carbonyl (C=O) groups excluding carboxylic acids is 2. The summed E-state index contributed by atoms with van der Waals surface area (Å²) in [7, 11) is 0. The van der Waals surface area contributed by atoms with Crippen LogP contribution in [0.5, 0.6) is 5.75 Å². The second-order valence-corrected chi connectivity index (χ2v) is 5.87. The highest BCUT2D eigenvalue weighted by atomic mass is 35.5. The topological polar surface area (TPSA) is 68.3 Å². The summed E-state index contributed by atoms with van der Waals surface area (Å²) in [6.07, 6.45) is 3.29. The molecule has 0 atom stereocenters. The molecule has 0 bridgehead atoms. The maximum atomic E-state index is 12.5. The summed E-state index contributed by atoms with van der Waals surface area (Å²) in [6.45, 7) is 0.319. The van der Waals surface area contributed by atoms with E-state index in [0.29, 0.717) is 17.1 Å². The fraction of sp³-hybridized carbons (Fsp3) is 0.0500. The largest absolute Gasteiger partial charge is 0.422 e. The molecule has 0 aliphatic heterocycles. The summed E-state index contributed by atoms with van der Waals surface area (Å²) in [5.74, 6) is -0.785. The minimum Gasteiger partial charge on any atom is -0.422 e. The lowest BCUT2D eigenvalue weighted by Crippen LogP contribution is -2.24. The molecule has 0 fully saturated rings. The zero-order valence-electron chi connectivity index (χ0n) is 13.7. The molecule has 1 amide bonds. The molecule has 0 radical (unpaired) electrons. The predicted molar refractivity (Wildman–Crippen MR) is 98.3 cm³/mol. The third kappa shape index (κ3) is 4.46. The molecule has 0 saturated carbocycles. The number of ether oxygens (including phenoxy) is 1. The van der Waals surface area contributed by atoms with Crippen molar-refractivity contribution in [2.45, 2.75) is 6.54 Å². The van der Waals surface area contributed by atoms with Crippen molar-refractivity contribution in [1.29, 1.82) is 0 Å².